The van der Waals surface area contributed by atoms with Gasteiger partial charge in [0.2, 0.25) is 0 Å². The summed E-state index contributed by atoms with van der Waals surface area (Å²) in [7, 11) is 1.62. The first-order valence-electron chi connectivity index (χ1n) is 7.87. The van der Waals surface area contributed by atoms with Crippen LogP contribution in [0.25, 0.3) is 22.9 Å². The van der Waals surface area contributed by atoms with E-state index in [9.17, 15) is 5.26 Å². The topological polar surface area (TPSA) is 58.8 Å². The van der Waals surface area contributed by atoms with Crippen molar-refractivity contribution in [3.63, 3.8) is 0 Å². The van der Waals surface area contributed by atoms with Gasteiger partial charge in [0.05, 0.1) is 18.4 Å². The molecule has 0 radical (unpaired) electrons. The van der Waals surface area contributed by atoms with Crippen molar-refractivity contribution in [2.24, 2.45) is 0 Å². The Kier molecular flexibility index (Phi) is 4.87. The summed E-state index contributed by atoms with van der Waals surface area (Å²) < 4.78 is 5.15. The molecule has 122 valence electrons. The van der Waals surface area contributed by atoms with E-state index >= 15 is 0 Å². The summed E-state index contributed by atoms with van der Waals surface area (Å²) in [6, 6.07) is 21.6. The first-order valence-corrected chi connectivity index (χ1v) is 7.87. The summed E-state index contributed by atoms with van der Waals surface area (Å²) in [5.74, 6) is 0.777. The molecular weight excluding hydrogens is 310 g/mol. The largest absolute Gasteiger partial charge is 0.497 e. The van der Waals surface area contributed by atoms with E-state index in [1.54, 1.807) is 13.2 Å². The first-order chi connectivity index (χ1) is 12.2. The number of aryl methyl sites for hydroxylation is 1. The van der Waals surface area contributed by atoms with E-state index in [1.165, 1.54) is 0 Å². The fraction of sp³-hybridized carbons (Fsp3) is 0.0952. The molecule has 0 aliphatic rings. The van der Waals surface area contributed by atoms with Crippen LogP contribution in [0.15, 0.2) is 60.7 Å². The lowest BCUT2D eigenvalue weighted by Gasteiger charge is -2.06. The van der Waals surface area contributed by atoms with Gasteiger partial charge < -0.3 is 4.74 Å². The Labute approximate surface area is 147 Å². The summed E-state index contributed by atoms with van der Waals surface area (Å²) in [5.41, 5.74) is 4.69. The highest BCUT2D eigenvalue weighted by atomic mass is 16.5. The molecule has 0 aliphatic heterocycles. The fourth-order valence-electron chi connectivity index (χ4n) is 2.52. The van der Waals surface area contributed by atoms with Gasteiger partial charge in [-0.05, 0) is 42.3 Å². The molecule has 2 aromatic carbocycles. The van der Waals surface area contributed by atoms with Crippen LogP contribution in [0, 0.1) is 18.3 Å². The maximum Gasteiger partial charge on any atom is 0.118 e. The Balaban J connectivity index is 1.96. The number of ether oxygens (including phenoxy) is 1. The fourth-order valence-corrected chi connectivity index (χ4v) is 2.52. The monoisotopic (exact) mass is 327 g/mol. The molecule has 3 rings (SSSR count). The van der Waals surface area contributed by atoms with Crippen LogP contribution in [-0.2, 0) is 0 Å². The van der Waals surface area contributed by atoms with Crippen LogP contribution in [0.3, 0.4) is 0 Å². The Morgan fingerprint density at radius 3 is 2.36 bits per heavy atom. The van der Waals surface area contributed by atoms with Crippen LogP contribution < -0.4 is 4.74 Å². The van der Waals surface area contributed by atoms with Crippen molar-refractivity contribution in [1.29, 1.82) is 5.26 Å². The van der Waals surface area contributed by atoms with Crippen LogP contribution in [0.2, 0.25) is 0 Å². The predicted molar refractivity (Wildman–Crippen MR) is 98.7 cm³/mol. The van der Waals surface area contributed by atoms with Crippen molar-refractivity contribution in [3.05, 3.63) is 77.5 Å². The second-order valence-corrected chi connectivity index (χ2v) is 5.57. The number of rotatable bonds is 4. The van der Waals surface area contributed by atoms with Crippen molar-refractivity contribution in [3.8, 4) is 23.1 Å². The summed E-state index contributed by atoms with van der Waals surface area (Å²) in [5, 5.41) is 18.1. The van der Waals surface area contributed by atoms with Gasteiger partial charge in [-0.15, -0.1) is 10.2 Å². The first kappa shape index (κ1) is 16.4. The van der Waals surface area contributed by atoms with E-state index in [0.717, 1.165) is 28.1 Å². The molecule has 1 heterocycles. The molecule has 4 heteroatoms. The van der Waals surface area contributed by atoms with Crippen molar-refractivity contribution in [2.45, 2.75) is 6.92 Å². The third-order valence-electron chi connectivity index (χ3n) is 3.86. The quantitative estimate of drug-likeness (QED) is 0.661. The second kappa shape index (κ2) is 7.41. The molecule has 0 spiro atoms. The summed E-state index contributed by atoms with van der Waals surface area (Å²) >= 11 is 0. The normalized spacial score (nSPS) is 11.0. The zero-order valence-corrected chi connectivity index (χ0v) is 14.1. The molecular formula is C21H17N3O. The van der Waals surface area contributed by atoms with Gasteiger partial charge in [0.25, 0.3) is 0 Å². The number of nitriles is 1. The summed E-state index contributed by atoms with van der Waals surface area (Å²) in [6.07, 6.45) is 1.80. The standard InChI is InChI=1S/C21H17N3O/c1-15-12-20(17-6-4-3-5-7-17)23-24-21(15)18(14-22)13-16-8-10-19(25-2)11-9-16/h3-13H,1-2H3/b18-13+. The van der Waals surface area contributed by atoms with Gasteiger partial charge in [0.15, 0.2) is 0 Å². The molecule has 0 unspecified atom stereocenters. The van der Waals surface area contributed by atoms with E-state index in [1.807, 2.05) is 67.6 Å². The highest BCUT2D eigenvalue weighted by Crippen LogP contribution is 2.23. The van der Waals surface area contributed by atoms with Crippen LogP contribution in [-0.4, -0.2) is 17.3 Å². The Morgan fingerprint density at radius 1 is 1.04 bits per heavy atom. The number of allylic oxidation sites excluding steroid dienone is 1. The number of hydrogen-bond acceptors (Lipinski definition) is 4. The lowest BCUT2D eigenvalue weighted by molar-refractivity contribution is 0.415. The third kappa shape index (κ3) is 3.73. The van der Waals surface area contributed by atoms with Gasteiger partial charge in [-0.2, -0.15) is 5.26 Å². The van der Waals surface area contributed by atoms with Crippen molar-refractivity contribution in [2.75, 3.05) is 7.11 Å². The molecule has 0 amide bonds. The van der Waals surface area contributed by atoms with E-state index in [0.29, 0.717) is 11.3 Å². The number of nitrogens with zero attached hydrogens (tertiary/aromatic N) is 3. The summed E-state index contributed by atoms with van der Waals surface area (Å²) in [6.45, 7) is 1.94. The van der Waals surface area contributed by atoms with Gasteiger partial charge in [-0.25, -0.2) is 0 Å². The van der Waals surface area contributed by atoms with Crippen LogP contribution in [0.1, 0.15) is 16.8 Å². The summed E-state index contributed by atoms with van der Waals surface area (Å²) in [4.78, 5) is 0. The van der Waals surface area contributed by atoms with E-state index in [4.69, 9.17) is 4.74 Å². The highest BCUT2D eigenvalue weighted by molar-refractivity contribution is 5.89. The minimum Gasteiger partial charge on any atom is -0.497 e. The van der Waals surface area contributed by atoms with Crippen molar-refractivity contribution in [1.82, 2.24) is 10.2 Å². The lowest BCUT2D eigenvalue weighted by Crippen LogP contribution is -1.97. The number of benzene rings is 2. The molecule has 0 aliphatic carbocycles. The molecule has 0 saturated heterocycles. The van der Waals surface area contributed by atoms with E-state index in [2.05, 4.69) is 16.3 Å². The van der Waals surface area contributed by atoms with Gasteiger partial charge in [0, 0.05) is 5.56 Å². The van der Waals surface area contributed by atoms with E-state index in [-0.39, 0.29) is 0 Å². The molecule has 1 aromatic heterocycles. The molecule has 0 fully saturated rings. The Bertz CT molecular complexity index is 939. The maximum atomic E-state index is 9.54. The Hall–Kier alpha value is -3.45. The van der Waals surface area contributed by atoms with Crippen LogP contribution in [0.4, 0.5) is 0 Å². The molecule has 4 nitrogen and oxygen atoms in total. The average Bonchev–Trinajstić information content (AvgIpc) is 2.67. The van der Waals surface area contributed by atoms with Crippen LogP contribution in [0.5, 0.6) is 5.75 Å². The second-order valence-electron chi connectivity index (χ2n) is 5.57. The maximum absolute atomic E-state index is 9.54. The van der Waals surface area contributed by atoms with Crippen molar-refractivity contribution >= 4 is 11.6 Å². The molecule has 0 saturated carbocycles. The molecule has 3 aromatic rings. The highest BCUT2D eigenvalue weighted by Gasteiger charge is 2.10. The van der Waals surface area contributed by atoms with Gasteiger partial charge in [0.1, 0.15) is 17.5 Å². The molecule has 0 atom stereocenters. The minimum absolute atomic E-state index is 0.481. The molecule has 0 bridgehead atoms. The zero-order chi connectivity index (χ0) is 17.6. The number of aromatic nitrogens is 2. The number of hydrogen-bond donors (Lipinski definition) is 0. The van der Waals surface area contributed by atoms with Gasteiger partial charge in [-0.3, -0.25) is 0 Å². The van der Waals surface area contributed by atoms with Gasteiger partial charge in [-0.1, -0.05) is 42.5 Å². The van der Waals surface area contributed by atoms with Crippen molar-refractivity contribution < 1.29 is 4.74 Å². The van der Waals surface area contributed by atoms with E-state index < -0.39 is 0 Å². The minimum atomic E-state index is 0.481. The smallest absolute Gasteiger partial charge is 0.118 e. The Morgan fingerprint density at radius 2 is 1.76 bits per heavy atom. The molecule has 0 N–H and O–H groups in total. The molecule has 25 heavy (non-hydrogen) atoms. The van der Waals surface area contributed by atoms with Crippen LogP contribution >= 0.6 is 0 Å². The average molecular weight is 327 g/mol. The third-order valence-corrected chi connectivity index (χ3v) is 3.86. The zero-order valence-electron chi connectivity index (χ0n) is 14.1. The van der Waals surface area contributed by atoms with Gasteiger partial charge >= 0.3 is 0 Å². The number of methoxy groups -OCH3 is 1. The predicted octanol–water partition coefficient (Wildman–Crippen LogP) is 4.52. The lowest BCUT2D eigenvalue weighted by atomic mass is 10.0. The SMILES string of the molecule is COc1ccc(/C=C(\C#N)c2nnc(-c3ccccc3)cc2C)cc1.